The fourth-order valence-electron chi connectivity index (χ4n) is 3.14. The summed E-state index contributed by atoms with van der Waals surface area (Å²) < 4.78 is 5.83. The molecule has 27 heavy (non-hydrogen) atoms. The van der Waals surface area contributed by atoms with Crippen molar-refractivity contribution in [2.45, 2.75) is 20.0 Å². The SMILES string of the molecule is Cc1cc(Cl)ccc1OC(C)C(=O)N1CCN(C(=O)c2ccccc2)CC1. The number of amides is 2. The van der Waals surface area contributed by atoms with Crippen molar-refractivity contribution in [2.24, 2.45) is 0 Å². The van der Waals surface area contributed by atoms with Gasteiger partial charge in [0, 0.05) is 36.8 Å². The maximum Gasteiger partial charge on any atom is 0.263 e. The third kappa shape index (κ3) is 4.61. The molecule has 142 valence electrons. The molecule has 3 rings (SSSR count). The van der Waals surface area contributed by atoms with Gasteiger partial charge in [0.2, 0.25) is 0 Å². The van der Waals surface area contributed by atoms with E-state index in [9.17, 15) is 9.59 Å². The van der Waals surface area contributed by atoms with Crippen LogP contribution in [0.5, 0.6) is 5.75 Å². The Bertz CT molecular complexity index is 817. The fourth-order valence-corrected chi connectivity index (χ4v) is 3.36. The number of nitrogens with zero attached hydrogens (tertiary/aromatic N) is 2. The van der Waals surface area contributed by atoms with Gasteiger partial charge in [-0.15, -0.1) is 0 Å². The Labute approximate surface area is 164 Å². The molecule has 1 unspecified atom stereocenters. The predicted octanol–water partition coefficient (Wildman–Crippen LogP) is 3.40. The quantitative estimate of drug-likeness (QED) is 0.809. The van der Waals surface area contributed by atoms with Crippen molar-refractivity contribution in [3.8, 4) is 5.75 Å². The van der Waals surface area contributed by atoms with Gasteiger partial charge in [-0.1, -0.05) is 29.8 Å². The number of carbonyl (C=O) groups excluding carboxylic acids is 2. The highest BCUT2D eigenvalue weighted by Gasteiger charge is 2.28. The lowest BCUT2D eigenvalue weighted by Crippen LogP contribution is -2.53. The van der Waals surface area contributed by atoms with Crippen molar-refractivity contribution < 1.29 is 14.3 Å². The van der Waals surface area contributed by atoms with Gasteiger partial charge in [0.05, 0.1) is 0 Å². The van der Waals surface area contributed by atoms with Crippen molar-refractivity contribution in [1.82, 2.24) is 9.80 Å². The molecule has 0 radical (unpaired) electrons. The highest BCUT2D eigenvalue weighted by atomic mass is 35.5. The van der Waals surface area contributed by atoms with E-state index < -0.39 is 6.10 Å². The van der Waals surface area contributed by atoms with Crippen LogP contribution in [0, 0.1) is 6.92 Å². The molecular formula is C21H23ClN2O3. The van der Waals surface area contributed by atoms with Crippen LogP contribution < -0.4 is 4.74 Å². The summed E-state index contributed by atoms with van der Waals surface area (Å²) in [5.41, 5.74) is 1.56. The third-order valence-electron chi connectivity index (χ3n) is 4.69. The second-order valence-electron chi connectivity index (χ2n) is 6.65. The number of halogens is 1. The smallest absolute Gasteiger partial charge is 0.263 e. The van der Waals surface area contributed by atoms with Gasteiger partial charge in [-0.05, 0) is 49.7 Å². The molecule has 0 aliphatic carbocycles. The first kappa shape index (κ1) is 19.2. The average Bonchev–Trinajstić information content (AvgIpc) is 2.69. The van der Waals surface area contributed by atoms with E-state index in [1.54, 1.807) is 28.9 Å². The van der Waals surface area contributed by atoms with Crippen molar-refractivity contribution in [1.29, 1.82) is 0 Å². The lowest BCUT2D eigenvalue weighted by atomic mass is 10.1. The van der Waals surface area contributed by atoms with E-state index in [0.29, 0.717) is 42.5 Å². The minimum absolute atomic E-state index is 0.00351. The Morgan fingerprint density at radius 1 is 1.00 bits per heavy atom. The van der Waals surface area contributed by atoms with Crippen LogP contribution in [0.25, 0.3) is 0 Å². The molecule has 0 aromatic heterocycles. The van der Waals surface area contributed by atoms with E-state index in [2.05, 4.69) is 0 Å². The third-order valence-corrected chi connectivity index (χ3v) is 4.92. The molecule has 2 aromatic rings. The van der Waals surface area contributed by atoms with E-state index in [0.717, 1.165) is 5.56 Å². The number of ether oxygens (including phenoxy) is 1. The maximum absolute atomic E-state index is 12.7. The highest BCUT2D eigenvalue weighted by Crippen LogP contribution is 2.23. The minimum Gasteiger partial charge on any atom is -0.481 e. The molecule has 0 N–H and O–H groups in total. The molecule has 1 aliphatic rings. The molecule has 1 aliphatic heterocycles. The fraction of sp³-hybridized carbons (Fsp3) is 0.333. The number of benzene rings is 2. The summed E-state index contributed by atoms with van der Waals surface area (Å²) in [5.74, 6) is 0.582. The molecule has 6 heteroatoms. The van der Waals surface area contributed by atoms with Gasteiger partial charge in [0.25, 0.3) is 11.8 Å². The van der Waals surface area contributed by atoms with Crippen LogP contribution in [-0.4, -0.2) is 53.9 Å². The van der Waals surface area contributed by atoms with Crippen LogP contribution in [0.3, 0.4) is 0 Å². The normalized spacial score (nSPS) is 15.4. The zero-order valence-corrected chi connectivity index (χ0v) is 16.3. The molecule has 1 heterocycles. The van der Waals surface area contributed by atoms with Gasteiger partial charge in [-0.3, -0.25) is 9.59 Å². The van der Waals surface area contributed by atoms with Gasteiger partial charge in [-0.2, -0.15) is 0 Å². The Kier molecular flexibility index (Phi) is 6.01. The van der Waals surface area contributed by atoms with E-state index in [-0.39, 0.29) is 11.8 Å². The topological polar surface area (TPSA) is 49.9 Å². The molecule has 1 atom stereocenters. The van der Waals surface area contributed by atoms with E-state index in [4.69, 9.17) is 16.3 Å². The van der Waals surface area contributed by atoms with Crippen molar-refractivity contribution in [3.05, 3.63) is 64.7 Å². The van der Waals surface area contributed by atoms with Gasteiger partial charge < -0.3 is 14.5 Å². The molecule has 0 spiro atoms. The van der Waals surface area contributed by atoms with Crippen molar-refractivity contribution in [3.63, 3.8) is 0 Å². The Hall–Kier alpha value is -2.53. The Balaban J connectivity index is 1.55. The van der Waals surface area contributed by atoms with Gasteiger partial charge in [-0.25, -0.2) is 0 Å². The number of carbonyl (C=O) groups is 2. The molecule has 1 fully saturated rings. The zero-order chi connectivity index (χ0) is 19.4. The number of hydrogen-bond donors (Lipinski definition) is 0. The highest BCUT2D eigenvalue weighted by molar-refractivity contribution is 6.30. The van der Waals surface area contributed by atoms with Crippen LogP contribution in [0.4, 0.5) is 0 Å². The summed E-state index contributed by atoms with van der Waals surface area (Å²) in [7, 11) is 0. The van der Waals surface area contributed by atoms with Crippen LogP contribution >= 0.6 is 11.6 Å². The molecule has 0 bridgehead atoms. The number of piperazine rings is 1. The summed E-state index contributed by atoms with van der Waals surface area (Å²) in [6.45, 7) is 5.69. The Morgan fingerprint density at radius 2 is 1.63 bits per heavy atom. The maximum atomic E-state index is 12.7. The second-order valence-corrected chi connectivity index (χ2v) is 7.09. The standard InChI is InChI=1S/C21H23ClN2O3/c1-15-14-18(22)8-9-19(15)27-16(2)20(25)23-10-12-24(13-11-23)21(26)17-6-4-3-5-7-17/h3-9,14,16H,10-13H2,1-2H3. The van der Waals surface area contributed by atoms with Crippen LogP contribution in [0.15, 0.2) is 48.5 Å². The van der Waals surface area contributed by atoms with Crippen molar-refractivity contribution >= 4 is 23.4 Å². The Morgan fingerprint density at radius 3 is 2.26 bits per heavy atom. The van der Waals surface area contributed by atoms with Crippen LogP contribution in [0.2, 0.25) is 5.02 Å². The summed E-state index contributed by atoms with van der Waals surface area (Å²) in [6, 6.07) is 14.5. The molecule has 2 amide bonds. The van der Waals surface area contributed by atoms with Gasteiger partial charge in [0.1, 0.15) is 5.75 Å². The van der Waals surface area contributed by atoms with E-state index in [1.165, 1.54) is 0 Å². The molecule has 5 nitrogen and oxygen atoms in total. The first-order chi connectivity index (χ1) is 13.0. The predicted molar refractivity (Wildman–Crippen MR) is 105 cm³/mol. The first-order valence-corrected chi connectivity index (χ1v) is 9.39. The largest absolute Gasteiger partial charge is 0.481 e. The van der Waals surface area contributed by atoms with Crippen LogP contribution in [0.1, 0.15) is 22.8 Å². The summed E-state index contributed by atoms with van der Waals surface area (Å²) in [4.78, 5) is 28.7. The van der Waals surface area contributed by atoms with Gasteiger partial charge in [0.15, 0.2) is 6.10 Å². The van der Waals surface area contributed by atoms with Crippen molar-refractivity contribution in [2.75, 3.05) is 26.2 Å². The van der Waals surface area contributed by atoms with E-state index in [1.807, 2.05) is 43.3 Å². The zero-order valence-electron chi connectivity index (χ0n) is 15.5. The van der Waals surface area contributed by atoms with E-state index >= 15 is 0 Å². The second kappa shape index (κ2) is 8.44. The number of hydrogen-bond acceptors (Lipinski definition) is 3. The molecule has 2 aromatic carbocycles. The summed E-state index contributed by atoms with van der Waals surface area (Å²) >= 11 is 5.96. The lowest BCUT2D eigenvalue weighted by Gasteiger charge is -2.36. The summed E-state index contributed by atoms with van der Waals surface area (Å²) in [5, 5.41) is 0.637. The monoisotopic (exact) mass is 386 g/mol. The minimum atomic E-state index is -0.596. The molecule has 1 saturated heterocycles. The number of rotatable bonds is 4. The van der Waals surface area contributed by atoms with Crippen LogP contribution in [-0.2, 0) is 4.79 Å². The molecule has 0 saturated carbocycles. The van der Waals surface area contributed by atoms with Gasteiger partial charge >= 0.3 is 0 Å². The average molecular weight is 387 g/mol. The summed E-state index contributed by atoms with van der Waals surface area (Å²) in [6.07, 6.45) is -0.596. The first-order valence-electron chi connectivity index (χ1n) is 9.01. The lowest BCUT2D eigenvalue weighted by molar-refractivity contribution is -0.139. The molecular weight excluding hydrogens is 364 g/mol. The number of aryl methyl sites for hydroxylation is 1.